The van der Waals surface area contributed by atoms with Crippen molar-refractivity contribution < 1.29 is 9.90 Å². The summed E-state index contributed by atoms with van der Waals surface area (Å²) in [5.41, 5.74) is 0.727. The largest absolute Gasteiger partial charge is 0.501 e. The lowest BCUT2D eigenvalue weighted by atomic mass is 10.1. The molecule has 25 heavy (non-hydrogen) atoms. The number of benzene rings is 1. The number of rotatable bonds is 4. The van der Waals surface area contributed by atoms with Gasteiger partial charge in [-0.1, -0.05) is 23.7 Å². The third-order valence-electron chi connectivity index (χ3n) is 3.62. The SMILES string of the molecule is Cc1ccc(Cl)cc1CNC(=O)c1nc(-c2cccs2)[nH]c(=O)c1O. The van der Waals surface area contributed by atoms with Crippen molar-refractivity contribution in [3.05, 3.63) is 67.9 Å². The smallest absolute Gasteiger partial charge is 0.294 e. The third-order valence-corrected chi connectivity index (χ3v) is 4.73. The van der Waals surface area contributed by atoms with Gasteiger partial charge in [-0.2, -0.15) is 0 Å². The fraction of sp³-hybridized carbons (Fsp3) is 0.118. The number of thiophene rings is 1. The molecule has 3 N–H and O–H groups in total. The van der Waals surface area contributed by atoms with Crippen LogP contribution in [0, 0.1) is 6.92 Å². The number of halogens is 1. The van der Waals surface area contributed by atoms with Crippen molar-refractivity contribution in [3.8, 4) is 16.5 Å². The first-order chi connectivity index (χ1) is 12.0. The zero-order valence-electron chi connectivity index (χ0n) is 13.2. The molecule has 0 atom stereocenters. The maximum absolute atomic E-state index is 12.4. The number of carbonyl (C=O) groups excluding carboxylic acids is 1. The average Bonchev–Trinajstić information content (AvgIpc) is 3.12. The van der Waals surface area contributed by atoms with Gasteiger partial charge in [0.2, 0.25) is 5.75 Å². The summed E-state index contributed by atoms with van der Waals surface area (Å²) in [5.74, 6) is -1.11. The molecule has 0 aliphatic carbocycles. The molecule has 0 aliphatic heterocycles. The van der Waals surface area contributed by atoms with Gasteiger partial charge in [0.1, 0.15) is 0 Å². The molecule has 0 bridgehead atoms. The van der Waals surface area contributed by atoms with Crippen LogP contribution in [0.4, 0.5) is 0 Å². The number of carbonyl (C=O) groups is 1. The zero-order valence-corrected chi connectivity index (χ0v) is 14.7. The monoisotopic (exact) mass is 375 g/mol. The zero-order chi connectivity index (χ0) is 18.0. The van der Waals surface area contributed by atoms with Gasteiger partial charge in [-0.25, -0.2) is 4.98 Å². The minimum atomic E-state index is -0.762. The molecule has 0 spiro atoms. The molecular formula is C17H14ClN3O3S. The van der Waals surface area contributed by atoms with E-state index < -0.39 is 17.2 Å². The predicted molar refractivity (Wildman–Crippen MR) is 97.2 cm³/mol. The van der Waals surface area contributed by atoms with E-state index in [9.17, 15) is 14.7 Å². The van der Waals surface area contributed by atoms with Crippen LogP contribution < -0.4 is 10.9 Å². The molecule has 3 rings (SSSR count). The first-order valence-corrected chi connectivity index (χ1v) is 8.62. The van der Waals surface area contributed by atoms with Gasteiger partial charge >= 0.3 is 0 Å². The van der Waals surface area contributed by atoms with E-state index in [0.717, 1.165) is 11.1 Å². The van der Waals surface area contributed by atoms with Crippen molar-refractivity contribution in [1.29, 1.82) is 0 Å². The van der Waals surface area contributed by atoms with E-state index >= 15 is 0 Å². The Hall–Kier alpha value is -2.64. The van der Waals surface area contributed by atoms with E-state index in [4.69, 9.17) is 11.6 Å². The van der Waals surface area contributed by atoms with Gasteiger partial charge in [-0.3, -0.25) is 9.59 Å². The number of aryl methyl sites for hydroxylation is 1. The minimum Gasteiger partial charge on any atom is -0.501 e. The molecular weight excluding hydrogens is 362 g/mol. The average molecular weight is 376 g/mol. The van der Waals surface area contributed by atoms with Crippen molar-refractivity contribution in [3.63, 3.8) is 0 Å². The number of nitrogens with one attached hydrogen (secondary N) is 2. The van der Waals surface area contributed by atoms with E-state index in [0.29, 0.717) is 9.90 Å². The molecule has 3 aromatic rings. The number of hydrogen-bond donors (Lipinski definition) is 3. The second-order valence-electron chi connectivity index (χ2n) is 5.34. The number of hydrogen-bond acceptors (Lipinski definition) is 5. The molecule has 128 valence electrons. The minimum absolute atomic E-state index is 0.202. The predicted octanol–water partition coefficient (Wildman–Crippen LogP) is 3.10. The highest BCUT2D eigenvalue weighted by Gasteiger charge is 2.19. The van der Waals surface area contributed by atoms with E-state index in [-0.39, 0.29) is 18.1 Å². The molecule has 1 amide bonds. The van der Waals surface area contributed by atoms with Crippen molar-refractivity contribution in [1.82, 2.24) is 15.3 Å². The van der Waals surface area contributed by atoms with Gasteiger partial charge in [0.05, 0.1) is 4.88 Å². The number of aromatic nitrogens is 2. The van der Waals surface area contributed by atoms with Crippen LogP contribution in [0.3, 0.4) is 0 Å². The standard InChI is InChI=1S/C17H14ClN3O3S/c1-9-4-5-11(18)7-10(9)8-19-16(23)13-14(22)17(24)21-15(20-13)12-3-2-6-25-12/h2-7,22H,8H2,1H3,(H,19,23)(H,20,21,24). The van der Waals surface area contributed by atoms with Gasteiger partial charge in [0.15, 0.2) is 11.5 Å². The van der Waals surface area contributed by atoms with Gasteiger partial charge in [0.25, 0.3) is 11.5 Å². The first kappa shape index (κ1) is 17.2. The van der Waals surface area contributed by atoms with E-state index in [2.05, 4.69) is 15.3 Å². The first-order valence-electron chi connectivity index (χ1n) is 7.36. The molecule has 8 heteroatoms. The summed E-state index contributed by atoms with van der Waals surface area (Å²) in [4.78, 5) is 31.5. The highest BCUT2D eigenvalue weighted by molar-refractivity contribution is 7.13. The van der Waals surface area contributed by atoms with Crippen molar-refractivity contribution in [2.75, 3.05) is 0 Å². The summed E-state index contributed by atoms with van der Waals surface area (Å²) in [5, 5.41) is 14.9. The van der Waals surface area contributed by atoms with Gasteiger partial charge in [0, 0.05) is 11.6 Å². The summed E-state index contributed by atoms with van der Waals surface area (Å²) in [6.07, 6.45) is 0. The Bertz CT molecular complexity index is 983. The van der Waals surface area contributed by atoms with E-state index in [1.54, 1.807) is 24.3 Å². The molecule has 2 heterocycles. The highest BCUT2D eigenvalue weighted by atomic mass is 35.5. The Balaban J connectivity index is 1.87. The Morgan fingerprint density at radius 2 is 2.20 bits per heavy atom. The quantitative estimate of drug-likeness (QED) is 0.653. The van der Waals surface area contributed by atoms with Crippen LogP contribution in [0.1, 0.15) is 21.6 Å². The molecule has 2 aromatic heterocycles. The second kappa shape index (κ2) is 7.08. The lowest BCUT2D eigenvalue weighted by Crippen LogP contribution is -2.26. The fourth-order valence-electron chi connectivity index (χ4n) is 2.25. The van der Waals surface area contributed by atoms with Crippen LogP contribution in [-0.4, -0.2) is 21.0 Å². The maximum atomic E-state index is 12.4. The lowest BCUT2D eigenvalue weighted by Gasteiger charge is -2.09. The van der Waals surface area contributed by atoms with Crippen molar-refractivity contribution in [2.45, 2.75) is 13.5 Å². The number of H-pyrrole nitrogens is 1. The van der Waals surface area contributed by atoms with Crippen molar-refractivity contribution >= 4 is 28.8 Å². The Morgan fingerprint density at radius 1 is 1.40 bits per heavy atom. The lowest BCUT2D eigenvalue weighted by molar-refractivity contribution is 0.0942. The number of aromatic amines is 1. The van der Waals surface area contributed by atoms with Crippen LogP contribution in [-0.2, 0) is 6.54 Å². The Labute approximate surface area is 152 Å². The molecule has 0 saturated carbocycles. The van der Waals surface area contributed by atoms with Crippen LogP contribution >= 0.6 is 22.9 Å². The van der Waals surface area contributed by atoms with E-state index in [1.807, 2.05) is 18.4 Å². The van der Waals surface area contributed by atoms with Gasteiger partial charge < -0.3 is 15.4 Å². The van der Waals surface area contributed by atoms with Crippen LogP contribution in [0.15, 0.2) is 40.5 Å². The Morgan fingerprint density at radius 3 is 2.92 bits per heavy atom. The van der Waals surface area contributed by atoms with E-state index in [1.165, 1.54) is 11.3 Å². The number of nitrogens with zero attached hydrogens (tertiary/aromatic N) is 1. The number of amides is 1. The van der Waals surface area contributed by atoms with Crippen LogP contribution in [0.25, 0.3) is 10.7 Å². The Kier molecular flexibility index (Phi) is 4.87. The molecule has 0 aliphatic rings. The summed E-state index contributed by atoms with van der Waals surface area (Å²) in [7, 11) is 0. The summed E-state index contributed by atoms with van der Waals surface area (Å²) >= 11 is 7.33. The third kappa shape index (κ3) is 3.72. The van der Waals surface area contributed by atoms with Crippen LogP contribution in [0.2, 0.25) is 5.02 Å². The van der Waals surface area contributed by atoms with Crippen LogP contribution in [0.5, 0.6) is 5.75 Å². The molecule has 0 saturated heterocycles. The molecule has 1 aromatic carbocycles. The maximum Gasteiger partial charge on any atom is 0.294 e. The summed E-state index contributed by atoms with van der Waals surface area (Å²) in [6.45, 7) is 2.10. The number of aromatic hydroxyl groups is 1. The molecule has 6 nitrogen and oxygen atoms in total. The van der Waals surface area contributed by atoms with Crippen molar-refractivity contribution in [2.24, 2.45) is 0 Å². The van der Waals surface area contributed by atoms with Gasteiger partial charge in [-0.05, 0) is 41.6 Å². The fourth-order valence-corrected chi connectivity index (χ4v) is 3.11. The second-order valence-corrected chi connectivity index (χ2v) is 6.73. The molecule has 0 unspecified atom stereocenters. The summed E-state index contributed by atoms with van der Waals surface area (Å²) in [6, 6.07) is 8.92. The van der Waals surface area contributed by atoms with Gasteiger partial charge in [-0.15, -0.1) is 11.3 Å². The normalized spacial score (nSPS) is 10.6. The summed E-state index contributed by atoms with van der Waals surface area (Å²) < 4.78 is 0. The molecule has 0 radical (unpaired) electrons. The molecule has 0 fully saturated rings. The highest BCUT2D eigenvalue weighted by Crippen LogP contribution is 2.22. The topological polar surface area (TPSA) is 95.1 Å².